The molecule has 2 aromatic rings. The molecule has 1 aliphatic heterocycles. The van der Waals surface area contributed by atoms with Crippen molar-refractivity contribution in [2.45, 2.75) is 50.9 Å². The van der Waals surface area contributed by atoms with Crippen molar-refractivity contribution in [2.75, 3.05) is 37.8 Å². The van der Waals surface area contributed by atoms with Gasteiger partial charge in [-0.2, -0.15) is 4.31 Å². The monoisotopic (exact) mass is 810 g/mol. The summed E-state index contributed by atoms with van der Waals surface area (Å²) in [4.78, 5) is 85.6. The van der Waals surface area contributed by atoms with Crippen LogP contribution >= 0.6 is 35.2 Å². The maximum Gasteiger partial charge on any atom is 0.481 e. The summed E-state index contributed by atoms with van der Waals surface area (Å²) >= 11 is 0.803. The number of aliphatic hydroxyl groups excluding tert-OH is 2. The van der Waals surface area contributed by atoms with Gasteiger partial charge in [0.05, 0.1) is 19.5 Å². The highest BCUT2D eigenvalue weighted by molar-refractivity contribution is 8.13. The number of anilines is 1. The summed E-state index contributed by atoms with van der Waals surface area (Å²) in [6, 6.07) is 0. The number of amides is 3. The van der Waals surface area contributed by atoms with Crippen LogP contribution in [0.5, 0.6) is 0 Å². The molecule has 3 rings (SSSR count). The molecule has 0 aromatic carbocycles. The van der Waals surface area contributed by atoms with E-state index in [0.29, 0.717) is 0 Å². The van der Waals surface area contributed by atoms with Crippen molar-refractivity contribution in [3.05, 3.63) is 12.7 Å². The van der Waals surface area contributed by atoms with Gasteiger partial charge in [0, 0.05) is 30.7 Å². The van der Waals surface area contributed by atoms with Gasteiger partial charge in [-0.1, -0.05) is 25.6 Å². The first kappa shape index (κ1) is 42.8. The highest BCUT2D eigenvalue weighted by Crippen LogP contribution is 2.61. The van der Waals surface area contributed by atoms with E-state index >= 15 is 0 Å². The largest absolute Gasteiger partial charge is 0.481 e. The fraction of sp³-hybridized carbons (Fsp3) is 0.636. The maximum absolute atomic E-state index is 12.6. The highest BCUT2D eigenvalue weighted by atomic mass is 32.2. The molecule has 12 N–H and O–H groups in total. The first-order valence-electron chi connectivity index (χ1n) is 14.3. The Kier molecular flexibility index (Phi) is 14.6. The maximum atomic E-state index is 12.6. The molecule has 0 radical (unpaired) electrons. The van der Waals surface area contributed by atoms with Crippen molar-refractivity contribution in [3.63, 3.8) is 0 Å². The third-order valence-corrected chi connectivity index (χ3v) is 10.5. The number of phosphoric ester groups is 3. The third-order valence-electron chi connectivity index (χ3n) is 6.75. The van der Waals surface area contributed by atoms with E-state index in [1.165, 1.54) is 13.8 Å². The zero-order chi connectivity index (χ0) is 38.4. The minimum absolute atomic E-state index is 0.0278. The summed E-state index contributed by atoms with van der Waals surface area (Å²) in [6.07, 6.45) is -6.95. The summed E-state index contributed by atoms with van der Waals surface area (Å²) in [7, 11) is -16.4. The van der Waals surface area contributed by atoms with Gasteiger partial charge >= 0.3 is 23.5 Å². The number of nitrogens with zero attached hydrogens (tertiary/aromatic N) is 4. The number of nitrogens with one attached hydrogen (secondary N) is 2. The Hall–Kier alpha value is -2.64. The minimum atomic E-state index is -5.56. The van der Waals surface area contributed by atoms with Crippen LogP contribution in [-0.4, -0.2) is 123 Å². The second-order valence-corrected chi connectivity index (χ2v) is 16.6. The van der Waals surface area contributed by atoms with Crippen molar-refractivity contribution in [3.8, 4) is 0 Å². The van der Waals surface area contributed by atoms with Gasteiger partial charge in [0.25, 0.3) is 5.24 Å². The van der Waals surface area contributed by atoms with Gasteiger partial charge in [-0.3, -0.25) is 32.5 Å². The standard InChI is InChI=1S/C22H37N8O17P3S/c1-22(2,16(33)19(34)26-4-3-12(31)25-5-6-51-21(24)35)8-44-50(41,42)47-49(39,40)43-7-11-15(46-48(36,37)38)14(32)20(45-11)30-10-29-13-17(23)27-9-28-18(13)30/h9-11,14-16,20,32-33H,3-8H2,1-2H3,(H2,24,35)(H,25,31)(H,26,34)(H,39,40)(H,41,42)(H2,23,27,28)(H2,36,37,38)/t11-,14-,15-,16+,20-/m1/s1. The molecule has 2 unspecified atom stereocenters. The molecule has 29 heteroatoms. The zero-order valence-corrected chi connectivity index (χ0v) is 30.2. The topological polar surface area (TPSA) is 390 Å². The molecular formula is C22H37N8O17P3S. The first-order valence-corrected chi connectivity index (χ1v) is 19.8. The zero-order valence-electron chi connectivity index (χ0n) is 26.7. The average molecular weight is 811 g/mol. The Morgan fingerprint density at radius 2 is 1.75 bits per heavy atom. The predicted molar refractivity (Wildman–Crippen MR) is 172 cm³/mol. The van der Waals surface area contributed by atoms with Crippen molar-refractivity contribution >= 4 is 69.3 Å². The lowest BCUT2D eigenvalue weighted by atomic mass is 9.87. The molecule has 288 valence electrons. The molecule has 0 saturated carbocycles. The molecule has 0 aliphatic carbocycles. The van der Waals surface area contributed by atoms with Crippen molar-refractivity contribution < 1.29 is 80.5 Å². The van der Waals surface area contributed by atoms with Crippen LogP contribution in [0.4, 0.5) is 10.6 Å². The number of aliphatic hydroxyl groups is 2. The van der Waals surface area contributed by atoms with E-state index in [0.717, 1.165) is 29.0 Å². The van der Waals surface area contributed by atoms with Gasteiger partial charge in [0.15, 0.2) is 17.7 Å². The van der Waals surface area contributed by atoms with E-state index in [2.05, 4.69) is 34.4 Å². The number of thioether (sulfide) groups is 1. The number of rotatable bonds is 19. The molecule has 0 bridgehead atoms. The van der Waals surface area contributed by atoms with Gasteiger partial charge < -0.3 is 56.6 Å². The molecule has 7 atom stereocenters. The summed E-state index contributed by atoms with van der Waals surface area (Å²) in [5.41, 5.74) is 9.21. The molecule has 1 saturated heterocycles. The van der Waals surface area contributed by atoms with E-state index < -0.39 is 89.8 Å². The smallest absolute Gasteiger partial charge is 0.386 e. The molecule has 0 spiro atoms. The number of carbonyl (C=O) groups is 3. The molecular weight excluding hydrogens is 773 g/mol. The number of ether oxygens (including phenoxy) is 1. The number of imidazole rings is 1. The van der Waals surface area contributed by atoms with Gasteiger partial charge in [0.2, 0.25) is 11.8 Å². The van der Waals surface area contributed by atoms with Crippen molar-refractivity contribution in [1.82, 2.24) is 30.2 Å². The van der Waals surface area contributed by atoms with Crippen LogP contribution in [0, 0.1) is 5.41 Å². The molecule has 51 heavy (non-hydrogen) atoms. The predicted octanol–water partition coefficient (Wildman–Crippen LogP) is -1.78. The first-order chi connectivity index (χ1) is 23.5. The van der Waals surface area contributed by atoms with Crippen molar-refractivity contribution in [1.29, 1.82) is 0 Å². The molecule has 3 amide bonds. The van der Waals surface area contributed by atoms with Crippen LogP contribution in [0.2, 0.25) is 0 Å². The Morgan fingerprint density at radius 1 is 1.08 bits per heavy atom. The SMILES string of the molecule is CC(C)(COP(=O)(O)OP(=O)(O)OC[C@H]1O[C@@H](n2cnc3c(N)ncnc32)[C@H](O)[C@@H]1OP(=O)(O)O)[C@@H](O)C(=O)NCCC(=O)NCCSC(N)=O. The number of fused-ring (bicyclic) bond motifs is 1. The number of carbonyl (C=O) groups excluding carboxylic acids is 3. The lowest BCUT2D eigenvalue weighted by Crippen LogP contribution is -2.46. The van der Waals surface area contributed by atoms with E-state index in [-0.39, 0.29) is 42.2 Å². The van der Waals surface area contributed by atoms with E-state index in [1.807, 2.05) is 0 Å². The number of primary amides is 1. The van der Waals surface area contributed by atoms with Gasteiger partial charge in [0.1, 0.15) is 36.3 Å². The number of phosphoric acid groups is 3. The minimum Gasteiger partial charge on any atom is -0.386 e. The number of aromatic nitrogens is 4. The molecule has 2 aromatic heterocycles. The number of nitrogens with two attached hydrogens (primary N) is 2. The van der Waals surface area contributed by atoms with Crippen LogP contribution in [0.1, 0.15) is 26.5 Å². The summed E-state index contributed by atoms with van der Waals surface area (Å²) in [6.45, 7) is 0.378. The fourth-order valence-electron chi connectivity index (χ4n) is 4.28. The molecule has 3 heterocycles. The third kappa shape index (κ3) is 12.8. The van der Waals surface area contributed by atoms with Crippen LogP contribution in [0.15, 0.2) is 12.7 Å². The molecule has 25 nitrogen and oxygen atoms in total. The van der Waals surface area contributed by atoms with E-state index in [9.17, 15) is 57.9 Å². The van der Waals surface area contributed by atoms with Gasteiger partial charge in [-0.25, -0.2) is 28.6 Å². The van der Waals surface area contributed by atoms with Crippen LogP contribution in [0.25, 0.3) is 11.2 Å². The van der Waals surface area contributed by atoms with E-state index in [1.54, 1.807) is 0 Å². The normalized spacial score (nSPS) is 22.6. The summed E-state index contributed by atoms with van der Waals surface area (Å²) in [5.74, 6) is -1.27. The fourth-order valence-corrected chi connectivity index (χ4v) is 7.52. The quantitative estimate of drug-likeness (QED) is 0.0553. The number of nitrogen functional groups attached to an aromatic ring is 1. The number of hydrogen-bond acceptors (Lipinski definition) is 18. The Balaban J connectivity index is 1.55. The Bertz CT molecular complexity index is 1710. The van der Waals surface area contributed by atoms with Crippen LogP contribution < -0.4 is 22.1 Å². The average Bonchev–Trinajstić information content (AvgIpc) is 3.57. The Labute approximate surface area is 292 Å². The van der Waals surface area contributed by atoms with Crippen LogP contribution in [0.3, 0.4) is 0 Å². The second-order valence-electron chi connectivity index (χ2n) is 11.2. The highest BCUT2D eigenvalue weighted by Gasteiger charge is 2.50. The van der Waals surface area contributed by atoms with Crippen molar-refractivity contribution in [2.24, 2.45) is 11.1 Å². The van der Waals surface area contributed by atoms with Gasteiger partial charge in [-0.15, -0.1) is 0 Å². The second kappa shape index (κ2) is 17.5. The number of hydrogen-bond donors (Lipinski definition) is 10. The molecule has 1 fully saturated rings. The van der Waals surface area contributed by atoms with Crippen LogP contribution in [-0.2, 0) is 45.9 Å². The lowest BCUT2D eigenvalue weighted by Gasteiger charge is -2.30. The lowest BCUT2D eigenvalue weighted by molar-refractivity contribution is -0.137. The van der Waals surface area contributed by atoms with E-state index in [4.69, 9.17) is 25.3 Å². The summed E-state index contributed by atoms with van der Waals surface area (Å²) in [5, 5.41) is 25.5. The summed E-state index contributed by atoms with van der Waals surface area (Å²) < 4.78 is 61.8. The van der Waals surface area contributed by atoms with Gasteiger partial charge in [-0.05, 0) is 0 Å². The molecule has 1 aliphatic rings. The Morgan fingerprint density at radius 3 is 2.39 bits per heavy atom.